The number of carboxylic acid groups (broad SMARTS) is 2. The standard InChI is InChI=1S/C14H20N2O3S.2C13H18N2O3S.CH4.Li.2H2O/c1-3-8-16-13-10(15-14(16)18)9-20-11(13)6-4-5-7-12(17)19-2;2*1-2-7-15-12-9(14-13(15)18)8-19-10(12)5-3-4-6-11(16)17;;;;/h1,10-11,13H,4-9H2,2H3,(H,15,18);2*1,9-10,12H,3-8H2,(H,14,18)(H,16,17);1H4;;2*1H2/q;;;;+1;;/p-1. The number of nitrogens with zero attached hydrogens (tertiary/aromatic N) is 3. The van der Waals surface area contributed by atoms with Gasteiger partial charge in [0.05, 0.1) is 63.0 Å². The zero-order valence-electron chi connectivity index (χ0n) is 34.9. The maximum atomic E-state index is 11.8. The van der Waals surface area contributed by atoms with Crippen LogP contribution in [-0.2, 0) is 19.1 Å². The Hall–Kier alpha value is -3.53. The first-order valence-corrected chi connectivity index (χ1v) is 23.0. The topological polar surface area (TPSA) is 259 Å². The Morgan fingerprint density at radius 2 is 0.919 bits per heavy atom. The van der Waals surface area contributed by atoms with Gasteiger partial charge in [0, 0.05) is 52.3 Å². The molecule has 62 heavy (non-hydrogen) atoms. The number of carbonyl (C=O) groups is 6. The summed E-state index contributed by atoms with van der Waals surface area (Å²) in [7, 11) is 1.41. The van der Waals surface area contributed by atoms with E-state index >= 15 is 0 Å². The fourth-order valence-electron chi connectivity index (χ4n) is 8.37. The monoisotopic (exact) mass is 918 g/mol. The van der Waals surface area contributed by atoms with Crippen LogP contribution in [0.1, 0.15) is 84.5 Å². The second-order valence-corrected chi connectivity index (χ2v) is 18.7. The summed E-state index contributed by atoms with van der Waals surface area (Å²) >= 11 is 5.59. The number of amides is 6. The second-order valence-electron chi connectivity index (χ2n) is 14.9. The van der Waals surface area contributed by atoms with Crippen LogP contribution in [0.15, 0.2) is 0 Å². The summed E-state index contributed by atoms with van der Waals surface area (Å²) in [4.78, 5) is 72.6. The largest absolute Gasteiger partial charge is 1.00 e. The van der Waals surface area contributed by atoms with Crippen molar-refractivity contribution >= 4 is 71.3 Å². The predicted octanol–water partition coefficient (Wildman–Crippen LogP) is 0.154. The molecule has 6 aliphatic heterocycles. The van der Waals surface area contributed by atoms with Crippen LogP contribution in [0, 0.1) is 37.0 Å². The van der Waals surface area contributed by atoms with E-state index in [9.17, 15) is 28.8 Å². The molecule has 342 valence electrons. The van der Waals surface area contributed by atoms with Crippen molar-refractivity contribution in [3.63, 3.8) is 0 Å². The minimum absolute atomic E-state index is 0. The van der Waals surface area contributed by atoms with Crippen molar-refractivity contribution in [2.75, 3.05) is 44.0 Å². The predicted molar refractivity (Wildman–Crippen MR) is 239 cm³/mol. The molecule has 0 spiro atoms. The molecule has 17 nitrogen and oxygen atoms in total. The smallest absolute Gasteiger partial charge is 0.870 e. The van der Waals surface area contributed by atoms with Crippen molar-refractivity contribution in [2.45, 2.75) is 136 Å². The number of thioether (sulfide) groups is 3. The van der Waals surface area contributed by atoms with Gasteiger partial charge in [-0.05, 0) is 38.5 Å². The van der Waals surface area contributed by atoms with Crippen LogP contribution < -0.4 is 34.8 Å². The van der Waals surface area contributed by atoms with Crippen LogP contribution >= 0.6 is 35.3 Å². The number of fused-ring (bicyclic) bond motifs is 3. The van der Waals surface area contributed by atoms with Gasteiger partial charge >= 0.3 is 54.9 Å². The van der Waals surface area contributed by atoms with E-state index in [1.54, 1.807) is 14.7 Å². The van der Waals surface area contributed by atoms with E-state index in [1.165, 1.54) is 7.11 Å². The molecule has 0 bridgehead atoms. The molecule has 6 saturated heterocycles. The minimum Gasteiger partial charge on any atom is -0.870 e. The number of hydrogen-bond acceptors (Lipinski definition) is 11. The molecule has 6 heterocycles. The van der Waals surface area contributed by atoms with Crippen molar-refractivity contribution < 1.29 is 73.5 Å². The van der Waals surface area contributed by atoms with Gasteiger partial charge in [0.15, 0.2) is 0 Å². The molecule has 8 N–H and O–H groups in total. The van der Waals surface area contributed by atoms with Crippen molar-refractivity contribution in [2.24, 2.45) is 0 Å². The van der Waals surface area contributed by atoms with Gasteiger partial charge in [0.1, 0.15) is 0 Å². The molecule has 9 unspecified atom stereocenters. The van der Waals surface area contributed by atoms with E-state index in [4.69, 9.17) is 29.5 Å². The molecule has 0 aromatic rings. The number of aliphatic carboxylic acids is 2. The van der Waals surface area contributed by atoms with Crippen molar-refractivity contribution in [3.8, 4) is 37.0 Å². The number of methoxy groups -OCH3 is 1. The van der Waals surface area contributed by atoms with Gasteiger partial charge < -0.3 is 56.6 Å². The van der Waals surface area contributed by atoms with Gasteiger partial charge in [0.2, 0.25) is 0 Å². The number of carboxylic acids is 2. The Morgan fingerprint density at radius 1 is 0.629 bits per heavy atom. The number of carbonyl (C=O) groups excluding carboxylic acids is 4. The zero-order valence-corrected chi connectivity index (χ0v) is 37.4. The summed E-state index contributed by atoms with van der Waals surface area (Å²) in [6, 6.07) is 0.945. The summed E-state index contributed by atoms with van der Waals surface area (Å²) < 4.78 is 4.63. The molecule has 6 fully saturated rings. The molecule has 0 aliphatic carbocycles. The number of ether oxygens (including phenoxy) is 1. The van der Waals surface area contributed by atoms with Gasteiger partial charge in [-0.1, -0.05) is 44.5 Å². The van der Waals surface area contributed by atoms with Crippen LogP contribution in [0.4, 0.5) is 14.4 Å². The van der Waals surface area contributed by atoms with E-state index < -0.39 is 11.9 Å². The number of nitrogens with one attached hydrogen (secondary N) is 3. The van der Waals surface area contributed by atoms with Crippen molar-refractivity contribution in [3.05, 3.63) is 0 Å². The number of terminal acetylenes is 3. The SMILES string of the molecule is C.C#CCN1C(=O)NC2CSC(CCCCC(=O)O)C21.C#CCN1C(=O)NC2CSC(CCCCC(=O)O)C21.C#CCN1C(=O)NC2CSC(CCCCC(=O)OC)C21.O.[Li+].[OH-]. The maximum absolute atomic E-state index is 11.8. The van der Waals surface area contributed by atoms with E-state index in [2.05, 4.69) is 38.4 Å². The first-order chi connectivity index (χ1) is 27.9. The summed E-state index contributed by atoms with van der Waals surface area (Å²) in [5.41, 5.74) is 0. The van der Waals surface area contributed by atoms with Crippen molar-refractivity contribution in [1.82, 2.24) is 30.7 Å². The van der Waals surface area contributed by atoms with E-state index in [1.807, 2.05) is 35.3 Å². The van der Waals surface area contributed by atoms with Gasteiger partial charge in [0.25, 0.3) is 0 Å². The summed E-state index contributed by atoms with van der Waals surface area (Å²) in [6.07, 6.45) is 24.7. The number of unbranched alkanes of at least 4 members (excludes halogenated alkanes) is 3. The number of esters is 1. The van der Waals surface area contributed by atoms with Crippen LogP contribution in [-0.4, -0.2) is 168 Å². The summed E-state index contributed by atoms with van der Waals surface area (Å²) in [5.74, 6) is 8.75. The number of hydrogen-bond donors (Lipinski definition) is 5. The first-order valence-electron chi connectivity index (χ1n) is 19.8. The third-order valence-electron chi connectivity index (χ3n) is 11.0. The Bertz CT molecular complexity index is 1540. The summed E-state index contributed by atoms with van der Waals surface area (Å²) in [6.45, 7) is 1.06. The third kappa shape index (κ3) is 16.2. The molecular weight excluding hydrogens is 856 g/mol. The molecule has 6 amide bonds. The normalized spacial score (nSPS) is 26.7. The maximum Gasteiger partial charge on any atom is 1.00 e. The first kappa shape index (κ1) is 58.5. The molecule has 0 saturated carbocycles. The molecule has 6 aliphatic rings. The van der Waals surface area contributed by atoms with Gasteiger partial charge in [-0.25, -0.2) is 14.4 Å². The molecule has 0 aromatic heterocycles. The molecule has 9 atom stereocenters. The van der Waals surface area contributed by atoms with Crippen LogP contribution in [0.3, 0.4) is 0 Å². The molecule has 21 heteroatoms. The van der Waals surface area contributed by atoms with Crippen molar-refractivity contribution in [1.29, 1.82) is 0 Å². The fourth-order valence-corrected chi connectivity index (χ4v) is 13.2. The van der Waals surface area contributed by atoms with Crippen LogP contribution in [0.2, 0.25) is 0 Å². The minimum atomic E-state index is -0.747. The van der Waals surface area contributed by atoms with Crippen LogP contribution in [0.25, 0.3) is 0 Å². The quantitative estimate of drug-likeness (QED) is 0.0404. The van der Waals surface area contributed by atoms with Crippen LogP contribution in [0.5, 0.6) is 0 Å². The van der Waals surface area contributed by atoms with E-state index in [0.717, 1.165) is 62.2 Å². The van der Waals surface area contributed by atoms with E-state index in [-0.39, 0.29) is 110 Å². The average molecular weight is 919 g/mol. The average Bonchev–Trinajstić information content (AvgIpc) is 4.03. The fraction of sp³-hybridized carbons (Fsp3) is 0.707. The Labute approximate surface area is 391 Å². The molecule has 0 radical (unpaired) electrons. The van der Waals surface area contributed by atoms with Gasteiger partial charge in [-0.3, -0.25) is 14.4 Å². The van der Waals surface area contributed by atoms with E-state index in [0.29, 0.717) is 54.6 Å². The number of urea groups is 3. The van der Waals surface area contributed by atoms with Gasteiger partial charge in [-0.15, -0.1) is 19.3 Å². The Kier molecular flexibility index (Phi) is 28.1. The van der Waals surface area contributed by atoms with Gasteiger partial charge in [-0.2, -0.15) is 35.3 Å². The molecule has 0 aromatic carbocycles. The Balaban J connectivity index is 0.000000872. The summed E-state index contributed by atoms with van der Waals surface area (Å²) in [5, 5.41) is 27.3. The Morgan fingerprint density at radius 3 is 1.18 bits per heavy atom. The number of rotatable bonds is 18. The molecule has 6 rings (SSSR count). The molecular formula is C41H63LiN6O11S3. The zero-order chi connectivity index (χ0) is 42.2. The second kappa shape index (κ2) is 29.8. The third-order valence-corrected chi connectivity index (χ3v) is 15.5.